The van der Waals surface area contributed by atoms with Crippen LogP contribution in [-0.2, 0) is 16.0 Å². The Bertz CT molecular complexity index is 584. The number of nitrogens with zero attached hydrogens (tertiary/aromatic N) is 3. The van der Waals surface area contributed by atoms with Crippen LogP contribution in [0.5, 0.6) is 0 Å². The van der Waals surface area contributed by atoms with Gasteiger partial charge < -0.3 is 9.47 Å². The predicted molar refractivity (Wildman–Crippen MR) is 75.5 cm³/mol. The maximum atomic E-state index is 12.0. The lowest BCUT2D eigenvalue weighted by atomic mass is 10.2. The van der Waals surface area contributed by atoms with E-state index in [-0.39, 0.29) is 6.61 Å². The van der Waals surface area contributed by atoms with Gasteiger partial charge in [-0.05, 0) is 33.8 Å². The number of carbonyl (C=O) groups is 2. The van der Waals surface area contributed by atoms with Gasteiger partial charge in [-0.3, -0.25) is 4.90 Å². The van der Waals surface area contributed by atoms with Crippen LogP contribution in [0.1, 0.15) is 39.0 Å². The van der Waals surface area contributed by atoms with E-state index < -0.39 is 17.8 Å². The Hall–Kier alpha value is -2.31. The third-order valence-corrected chi connectivity index (χ3v) is 2.71. The molecule has 1 aliphatic heterocycles. The Morgan fingerprint density at radius 2 is 2.05 bits per heavy atom. The second-order valence-electron chi connectivity index (χ2n) is 5.59. The van der Waals surface area contributed by atoms with Crippen LogP contribution in [0.15, 0.2) is 12.4 Å². The molecule has 1 aliphatic rings. The van der Waals surface area contributed by atoms with Crippen LogP contribution < -0.4 is 0 Å². The Morgan fingerprint density at radius 1 is 1.33 bits per heavy atom. The lowest BCUT2D eigenvalue weighted by molar-refractivity contribution is 0.0322. The Balaban J connectivity index is 2.14. The first-order chi connectivity index (χ1) is 9.81. The van der Waals surface area contributed by atoms with Gasteiger partial charge in [0.1, 0.15) is 5.60 Å². The van der Waals surface area contributed by atoms with Gasteiger partial charge in [0.25, 0.3) is 0 Å². The Morgan fingerprint density at radius 3 is 2.67 bits per heavy atom. The SMILES string of the molecule is CCOC(=O)n1ncc2c1C=CN(C(=O)OC(C)(C)C)C2. The van der Waals surface area contributed by atoms with Crippen molar-refractivity contribution in [3.63, 3.8) is 0 Å². The van der Waals surface area contributed by atoms with Crippen molar-refractivity contribution in [3.8, 4) is 0 Å². The first-order valence-corrected chi connectivity index (χ1v) is 6.73. The van der Waals surface area contributed by atoms with Crippen LogP contribution in [-0.4, -0.2) is 39.1 Å². The maximum Gasteiger partial charge on any atom is 0.435 e. The highest BCUT2D eigenvalue weighted by molar-refractivity contribution is 5.76. The molecule has 21 heavy (non-hydrogen) atoms. The van der Waals surface area contributed by atoms with Crippen LogP contribution in [0.4, 0.5) is 9.59 Å². The molecule has 7 heteroatoms. The number of ether oxygens (including phenoxy) is 2. The second-order valence-corrected chi connectivity index (χ2v) is 5.59. The highest BCUT2D eigenvalue weighted by Crippen LogP contribution is 2.21. The van der Waals surface area contributed by atoms with Gasteiger partial charge >= 0.3 is 12.2 Å². The number of carbonyl (C=O) groups excluding carboxylic acids is 2. The molecule has 0 aromatic carbocycles. The summed E-state index contributed by atoms with van der Waals surface area (Å²) in [5.74, 6) is 0. The summed E-state index contributed by atoms with van der Waals surface area (Å²) in [4.78, 5) is 25.2. The van der Waals surface area contributed by atoms with Gasteiger partial charge in [-0.2, -0.15) is 9.78 Å². The van der Waals surface area contributed by atoms with Gasteiger partial charge in [-0.1, -0.05) is 0 Å². The standard InChI is InChI=1S/C14H19N3O4/c1-5-20-13(19)17-11-6-7-16(9-10(11)8-15-17)12(18)21-14(2,3)4/h6-8H,5,9H2,1-4H3. The summed E-state index contributed by atoms with van der Waals surface area (Å²) in [6.45, 7) is 7.74. The van der Waals surface area contributed by atoms with Crippen molar-refractivity contribution in [1.29, 1.82) is 0 Å². The third kappa shape index (κ3) is 3.42. The largest absolute Gasteiger partial charge is 0.448 e. The van der Waals surface area contributed by atoms with E-state index in [0.29, 0.717) is 12.2 Å². The number of hydrogen-bond acceptors (Lipinski definition) is 5. The summed E-state index contributed by atoms with van der Waals surface area (Å²) in [5, 5.41) is 4.00. The molecule has 0 radical (unpaired) electrons. The first kappa shape index (κ1) is 15.1. The lowest BCUT2D eigenvalue weighted by Crippen LogP contribution is -2.34. The number of aromatic nitrogens is 2. The molecule has 0 atom stereocenters. The molecule has 1 aromatic rings. The fourth-order valence-electron chi connectivity index (χ4n) is 1.86. The van der Waals surface area contributed by atoms with Crippen molar-refractivity contribution in [1.82, 2.24) is 14.7 Å². The molecule has 1 aromatic heterocycles. The summed E-state index contributed by atoms with van der Waals surface area (Å²) in [5.41, 5.74) is 0.824. The van der Waals surface area contributed by atoms with Crippen LogP contribution in [0.2, 0.25) is 0 Å². The minimum absolute atomic E-state index is 0.279. The zero-order valence-electron chi connectivity index (χ0n) is 12.6. The summed E-state index contributed by atoms with van der Waals surface area (Å²) >= 11 is 0. The maximum absolute atomic E-state index is 12.0. The van der Waals surface area contributed by atoms with Crippen LogP contribution in [0.3, 0.4) is 0 Å². The van der Waals surface area contributed by atoms with Crippen LogP contribution >= 0.6 is 0 Å². The van der Waals surface area contributed by atoms with Gasteiger partial charge in [0.2, 0.25) is 0 Å². The Labute approximate surface area is 123 Å². The van der Waals surface area contributed by atoms with E-state index in [0.717, 1.165) is 5.56 Å². The van der Waals surface area contributed by atoms with Gasteiger partial charge in [0.15, 0.2) is 0 Å². The molecule has 0 bridgehead atoms. The van der Waals surface area contributed by atoms with Crippen molar-refractivity contribution in [2.45, 2.75) is 39.8 Å². The molecular weight excluding hydrogens is 274 g/mol. The van der Waals surface area contributed by atoms with Crippen LogP contribution in [0, 0.1) is 0 Å². The molecule has 2 heterocycles. The minimum atomic E-state index is -0.555. The van der Waals surface area contributed by atoms with E-state index in [9.17, 15) is 9.59 Å². The molecule has 0 aliphatic carbocycles. The summed E-state index contributed by atoms with van der Waals surface area (Å²) in [6, 6.07) is 0. The molecule has 0 N–H and O–H groups in total. The highest BCUT2D eigenvalue weighted by Gasteiger charge is 2.26. The van der Waals surface area contributed by atoms with Gasteiger partial charge in [0, 0.05) is 11.8 Å². The fourth-order valence-corrected chi connectivity index (χ4v) is 1.86. The topological polar surface area (TPSA) is 73.7 Å². The normalized spacial score (nSPS) is 13.8. The van der Waals surface area contributed by atoms with Crippen molar-refractivity contribution in [2.75, 3.05) is 6.61 Å². The van der Waals surface area contributed by atoms with Gasteiger partial charge in [-0.25, -0.2) is 9.59 Å². The average Bonchev–Trinajstić information content (AvgIpc) is 2.79. The molecule has 2 rings (SSSR count). The molecule has 0 spiro atoms. The molecule has 0 saturated heterocycles. The van der Waals surface area contributed by atoms with Crippen molar-refractivity contribution >= 4 is 18.3 Å². The number of fused-ring (bicyclic) bond motifs is 1. The van der Waals surface area contributed by atoms with E-state index in [4.69, 9.17) is 9.47 Å². The van der Waals surface area contributed by atoms with Crippen molar-refractivity contribution in [3.05, 3.63) is 23.7 Å². The van der Waals surface area contributed by atoms with Crippen molar-refractivity contribution < 1.29 is 19.1 Å². The van der Waals surface area contributed by atoms with Gasteiger partial charge in [-0.15, -0.1) is 0 Å². The molecule has 1 amide bonds. The van der Waals surface area contributed by atoms with E-state index in [1.807, 2.05) is 20.8 Å². The lowest BCUT2D eigenvalue weighted by Gasteiger charge is -2.26. The van der Waals surface area contributed by atoms with E-state index >= 15 is 0 Å². The molecule has 114 valence electrons. The smallest absolute Gasteiger partial charge is 0.435 e. The zero-order valence-corrected chi connectivity index (χ0v) is 12.6. The summed E-state index contributed by atoms with van der Waals surface area (Å²) in [6.07, 6.45) is 3.80. The van der Waals surface area contributed by atoms with E-state index in [2.05, 4.69) is 5.10 Å². The quantitative estimate of drug-likeness (QED) is 0.795. The molecule has 7 nitrogen and oxygen atoms in total. The first-order valence-electron chi connectivity index (χ1n) is 6.73. The fraction of sp³-hybridized carbons (Fsp3) is 0.500. The van der Waals surface area contributed by atoms with Gasteiger partial charge in [0.05, 0.1) is 25.0 Å². The van der Waals surface area contributed by atoms with E-state index in [1.165, 1.54) is 9.58 Å². The summed E-state index contributed by atoms with van der Waals surface area (Å²) in [7, 11) is 0. The predicted octanol–water partition coefficient (Wildman–Crippen LogP) is 2.61. The minimum Gasteiger partial charge on any atom is -0.448 e. The number of hydrogen-bond donors (Lipinski definition) is 0. The molecule has 0 fully saturated rings. The van der Waals surface area contributed by atoms with Crippen LogP contribution in [0.25, 0.3) is 6.08 Å². The molecule has 0 unspecified atom stereocenters. The third-order valence-electron chi connectivity index (χ3n) is 2.71. The zero-order chi connectivity index (χ0) is 15.6. The monoisotopic (exact) mass is 293 g/mol. The van der Waals surface area contributed by atoms with E-state index in [1.54, 1.807) is 25.4 Å². The second kappa shape index (κ2) is 5.59. The number of amides is 1. The summed E-state index contributed by atoms with van der Waals surface area (Å²) < 4.78 is 11.4. The average molecular weight is 293 g/mol. The molecular formula is C14H19N3O4. The Kier molecular flexibility index (Phi) is 4.02. The molecule has 0 saturated carbocycles. The highest BCUT2D eigenvalue weighted by atomic mass is 16.6. The van der Waals surface area contributed by atoms with Crippen molar-refractivity contribution in [2.24, 2.45) is 0 Å². The number of rotatable bonds is 1.